The van der Waals surface area contributed by atoms with Crippen LogP contribution in [0, 0.1) is 11.6 Å². The molecule has 1 fully saturated rings. The zero-order valence-electron chi connectivity index (χ0n) is 18.4. The summed E-state index contributed by atoms with van der Waals surface area (Å²) in [4.78, 5) is 26.7. The molecule has 1 aliphatic rings. The number of esters is 1. The third-order valence-corrected chi connectivity index (χ3v) is 6.98. The molecular weight excluding hydrogens is 458 g/mol. The Bertz CT molecular complexity index is 1300. The van der Waals surface area contributed by atoms with Gasteiger partial charge in [-0.05, 0) is 35.4 Å². The van der Waals surface area contributed by atoms with Crippen molar-refractivity contribution in [2.24, 2.45) is 0 Å². The van der Waals surface area contributed by atoms with E-state index in [4.69, 9.17) is 4.74 Å². The number of fused-ring (bicyclic) bond motifs is 1. The molecule has 1 aliphatic heterocycles. The maximum absolute atomic E-state index is 13.5. The molecule has 9 heteroatoms. The molecule has 0 saturated carbocycles. The number of aromatic nitrogens is 2. The molecule has 0 aliphatic carbocycles. The number of halogens is 2. The van der Waals surface area contributed by atoms with Gasteiger partial charge in [-0.15, -0.1) is 11.3 Å². The summed E-state index contributed by atoms with van der Waals surface area (Å²) in [7, 11) is 1.36. The predicted octanol–water partition coefficient (Wildman–Crippen LogP) is 4.67. The van der Waals surface area contributed by atoms with Gasteiger partial charge in [0.25, 0.3) is 0 Å². The Morgan fingerprint density at radius 3 is 2.26 bits per heavy atom. The first kappa shape index (κ1) is 22.4. The topological polar surface area (TPSA) is 58.6 Å². The summed E-state index contributed by atoms with van der Waals surface area (Å²) in [6.45, 7) is 2.47. The number of anilines is 1. The van der Waals surface area contributed by atoms with Crippen molar-refractivity contribution in [3.8, 4) is 11.1 Å². The Hall–Kier alpha value is -3.43. The first-order valence-electron chi connectivity index (χ1n) is 10.9. The zero-order chi connectivity index (χ0) is 23.7. The fourth-order valence-corrected chi connectivity index (χ4v) is 5.30. The van der Waals surface area contributed by atoms with E-state index in [9.17, 15) is 13.6 Å². The van der Waals surface area contributed by atoms with Gasteiger partial charge in [-0.3, -0.25) is 4.90 Å². The van der Waals surface area contributed by atoms with Crippen LogP contribution in [-0.4, -0.2) is 54.1 Å². The highest BCUT2D eigenvalue weighted by atomic mass is 32.1. The fourth-order valence-electron chi connectivity index (χ4n) is 4.39. The summed E-state index contributed by atoms with van der Waals surface area (Å²) < 4.78 is 31.9. The van der Waals surface area contributed by atoms with Crippen LogP contribution in [0.4, 0.5) is 14.6 Å². The van der Waals surface area contributed by atoms with Crippen molar-refractivity contribution in [1.82, 2.24) is 14.9 Å². The standard InChI is InChI=1S/C25H22F2N4O2S/c1-33-25(32)22(17-4-8-19(27)9-5-17)30-10-12-31(13-11-30)23-21-20(14-34-24(21)29-15-28-23)16-2-6-18(26)7-3-16/h2-9,14-15,22H,10-13H2,1H3. The molecule has 1 unspecified atom stereocenters. The van der Waals surface area contributed by atoms with Gasteiger partial charge in [0, 0.05) is 37.1 Å². The van der Waals surface area contributed by atoms with Crippen molar-refractivity contribution in [2.75, 3.05) is 38.2 Å². The van der Waals surface area contributed by atoms with E-state index in [2.05, 4.69) is 14.9 Å². The Labute approximate surface area is 199 Å². The maximum atomic E-state index is 13.5. The lowest BCUT2D eigenvalue weighted by Gasteiger charge is -2.39. The van der Waals surface area contributed by atoms with E-state index in [0.29, 0.717) is 31.7 Å². The van der Waals surface area contributed by atoms with Crippen molar-refractivity contribution < 1.29 is 18.3 Å². The second-order valence-corrected chi connectivity index (χ2v) is 8.89. The molecule has 1 saturated heterocycles. The first-order valence-corrected chi connectivity index (χ1v) is 11.7. The van der Waals surface area contributed by atoms with Gasteiger partial charge < -0.3 is 9.64 Å². The number of nitrogens with zero attached hydrogens (tertiary/aromatic N) is 4. The van der Waals surface area contributed by atoms with Gasteiger partial charge in [-0.2, -0.15) is 0 Å². The Balaban J connectivity index is 1.41. The number of piperazine rings is 1. The van der Waals surface area contributed by atoms with E-state index in [1.165, 1.54) is 42.7 Å². The second kappa shape index (κ2) is 9.44. The van der Waals surface area contributed by atoms with Crippen molar-refractivity contribution in [2.45, 2.75) is 6.04 Å². The Morgan fingerprint density at radius 2 is 1.62 bits per heavy atom. The molecule has 4 aromatic rings. The predicted molar refractivity (Wildman–Crippen MR) is 128 cm³/mol. The van der Waals surface area contributed by atoms with Crippen LogP contribution in [0.15, 0.2) is 60.2 Å². The number of hydrogen-bond acceptors (Lipinski definition) is 7. The molecule has 1 atom stereocenters. The van der Waals surface area contributed by atoms with Crippen LogP contribution in [0.25, 0.3) is 21.3 Å². The van der Waals surface area contributed by atoms with Crippen molar-refractivity contribution in [1.29, 1.82) is 0 Å². The summed E-state index contributed by atoms with van der Waals surface area (Å²) in [5, 5.41) is 2.96. The summed E-state index contributed by atoms with van der Waals surface area (Å²) in [5.74, 6) is -0.183. The molecular formula is C25H22F2N4O2S. The highest BCUT2D eigenvalue weighted by Crippen LogP contribution is 2.38. The highest BCUT2D eigenvalue weighted by Gasteiger charge is 2.32. The third-order valence-electron chi connectivity index (χ3n) is 6.09. The van der Waals surface area contributed by atoms with Crippen LogP contribution in [0.1, 0.15) is 11.6 Å². The number of carbonyl (C=O) groups excluding carboxylic acids is 1. The monoisotopic (exact) mass is 480 g/mol. The smallest absolute Gasteiger partial charge is 0.327 e. The lowest BCUT2D eigenvalue weighted by Crippen LogP contribution is -2.49. The summed E-state index contributed by atoms with van der Waals surface area (Å²) >= 11 is 1.53. The van der Waals surface area contributed by atoms with Crippen LogP contribution in [0.2, 0.25) is 0 Å². The largest absolute Gasteiger partial charge is 0.468 e. The molecule has 5 rings (SSSR count). The SMILES string of the molecule is COC(=O)C(c1ccc(F)cc1)N1CCN(c2ncnc3scc(-c4ccc(F)cc4)c23)CC1. The molecule has 2 aromatic heterocycles. The minimum Gasteiger partial charge on any atom is -0.468 e. The van der Waals surface area contributed by atoms with Crippen molar-refractivity contribution >= 4 is 33.3 Å². The van der Waals surface area contributed by atoms with Gasteiger partial charge in [0.05, 0.1) is 12.5 Å². The number of hydrogen-bond donors (Lipinski definition) is 0. The molecule has 0 amide bonds. The molecule has 6 nitrogen and oxygen atoms in total. The van der Waals surface area contributed by atoms with Gasteiger partial charge in [-0.25, -0.2) is 23.5 Å². The van der Waals surface area contributed by atoms with E-state index in [0.717, 1.165) is 27.2 Å². The van der Waals surface area contributed by atoms with Gasteiger partial charge in [0.1, 0.15) is 34.7 Å². The van der Waals surface area contributed by atoms with E-state index < -0.39 is 6.04 Å². The minimum absolute atomic E-state index is 0.280. The molecule has 174 valence electrons. The Kier molecular flexibility index (Phi) is 6.21. The van der Waals surface area contributed by atoms with Gasteiger partial charge in [-0.1, -0.05) is 24.3 Å². The van der Waals surface area contributed by atoms with Crippen molar-refractivity contribution in [3.63, 3.8) is 0 Å². The maximum Gasteiger partial charge on any atom is 0.327 e. The summed E-state index contributed by atoms with van der Waals surface area (Å²) in [6.07, 6.45) is 1.56. The molecule has 3 heterocycles. The average molecular weight is 481 g/mol. The number of rotatable bonds is 5. The van der Waals surface area contributed by atoms with Gasteiger partial charge in [0.15, 0.2) is 0 Å². The van der Waals surface area contributed by atoms with Crippen molar-refractivity contribution in [3.05, 3.63) is 77.4 Å². The minimum atomic E-state index is -0.603. The van der Waals surface area contributed by atoms with E-state index in [-0.39, 0.29) is 17.6 Å². The number of benzene rings is 2. The molecule has 34 heavy (non-hydrogen) atoms. The number of thiophene rings is 1. The highest BCUT2D eigenvalue weighted by molar-refractivity contribution is 7.17. The molecule has 0 N–H and O–H groups in total. The summed E-state index contributed by atoms with van der Waals surface area (Å²) in [5.41, 5.74) is 2.57. The van der Waals surface area contributed by atoms with Crippen LogP contribution < -0.4 is 4.90 Å². The van der Waals surface area contributed by atoms with E-state index in [1.54, 1.807) is 30.6 Å². The number of ether oxygens (including phenoxy) is 1. The van der Waals surface area contributed by atoms with E-state index >= 15 is 0 Å². The van der Waals surface area contributed by atoms with Crippen LogP contribution in [0.3, 0.4) is 0 Å². The first-order chi connectivity index (χ1) is 16.5. The normalized spacial score (nSPS) is 15.4. The molecule has 0 spiro atoms. The third kappa shape index (κ3) is 4.24. The molecule has 2 aromatic carbocycles. The van der Waals surface area contributed by atoms with Gasteiger partial charge >= 0.3 is 5.97 Å². The molecule has 0 radical (unpaired) electrons. The van der Waals surface area contributed by atoms with E-state index in [1.807, 2.05) is 10.3 Å². The summed E-state index contributed by atoms with van der Waals surface area (Å²) in [6, 6.07) is 11.8. The quantitative estimate of drug-likeness (QED) is 0.387. The van der Waals surface area contributed by atoms with Crippen LogP contribution in [-0.2, 0) is 9.53 Å². The second-order valence-electron chi connectivity index (χ2n) is 8.03. The van der Waals surface area contributed by atoms with Crippen LogP contribution in [0.5, 0.6) is 0 Å². The lowest BCUT2D eigenvalue weighted by molar-refractivity contribution is -0.147. The van der Waals surface area contributed by atoms with Gasteiger partial charge in [0.2, 0.25) is 0 Å². The lowest BCUT2D eigenvalue weighted by atomic mass is 10.0. The van der Waals surface area contributed by atoms with Crippen LogP contribution >= 0.6 is 11.3 Å². The average Bonchev–Trinajstić information content (AvgIpc) is 3.30. The number of carbonyl (C=O) groups is 1. The molecule has 0 bridgehead atoms. The fraction of sp³-hybridized carbons (Fsp3) is 0.240. The Morgan fingerprint density at radius 1 is 0.971 bits per heavy atom. The number of methoxy groups -OCH3 is 1. The zero-order valence-corrected chi connectivity index (χ0v) is 19.3.